The van der Waals surface area contributed by atoms with Crippen molar-refractivity contribution in [3.8, 4) is 11.5 Å². The van der Waals surface area contributed by atoms with Crippen LogP contribution in [0.5, 0.6) is 0 Å². The summed E-state index contributed by atoms with van der Waals surface area (Å²) in [5.41, 5.74) is 0.965. The summed E-state index contributed by atoms with van der Waals surface area (Å²) in [6, 6.07) is 2.32. The van der Waals surface area contributed by atoms with Gasteiger partial charge in [-0.1, -0.05) is 5.16 Å². The van der Waals surface area contributed by atoms with E-state index in [4.69, 9.17) is 4.52 Å². The Bertz CT molecular complexity index is 474. The largest absolute Gasteiger partial charge is 0.334 e. The molecule has 4 nitrogen and oxygen atoms in total. The van der Waals surface area contributed by atoms with Crippen LogP contribution in [0.3, 0.4) is 0 Å². The maximum Gasteiger partial charge on any atom is 0.258 e. The fourth-order valence-electron chi connectivity index (χ4n) is 1.25. The molecule has 0 fully saturated rings. The quantitative estimate of drug-likeness (QED) is 0.930. The number of aromatic nitrogens is 2. The molecule has 2 aromatic rings. The van der Waals surface area contributed by atoms with E-state index in [1.807, 2.05) is 18.5 Å². The first-order valence-electron chi connectivity index (χ1n) is 4.93. The summed E-state index contributed by atoms with van der Waals surface area (Å²) in [4.78, 5) is 4.35. The third-order valence-electron chi connectivity index (χ3n) is 2.26. The summed E-state index contributed by atoms with van der Waals surface area (Å²) in [7, 11) is 1.92. The third-order valence-corrected chi connectivity index (χ3v) is 3.77. The summed E-state index contributed by atoms with van der Waals surface area (Å²) >= 11 is 5.01. The fourth-order valence-corrected chi connectivity index (χ4v) is 2.38. The van der Waals surface area contributed by atoms with Crippen molar-refractivity contribution in [3.63, 3.8) is 0 Å². The van der Waals surface area contributed by atoms with E-state index in [0.717, 1.165) is 21.6 Å². The molecule has 1 atom stereocenters. The van der Waals surface area contributed by atoms with Crippen molar-refractivity contribution in [3.05, 3.63) is 21.1 Å². The highest BCUT2D eigenvalue weighted by Gasteiger charge is 2.12. The van der Waals surface area contributed by atoms with E-state index < -0.39 is 0 Å². The van der Waals surface area contributed by atoms with Crippen LogP contribution in [-0.2, 0) is 6.42 Å². The highest BCUT2D eigenvalue weighted by Crippen LogP contribution is 2.27. The first kappa shape index (κ1) is 14.6. The normalized spacial score (nSPS) is 12.2. The Morgan fingerprint density at radius 3 is 2.94 bits per heavy atom. The van der Waals surface area contributed by atoms with Gasteiger partial charge in [0.2, 0.25) is 0 Å². The van der Waals surface area contributed by atoms with Crippen LogP contribution in [-0.4, -0.2) is 23.2 Å². The van der Waals surface area contributed by atoms with Gasteiger partial charge in [-0.3, -0.25) is 0 Å². The molecule has 0 saturated heterocycles. The topological polar surface area (TPSA) is 51.0 Å². The molecule has 0 bridgehead atoms. The predicted octanol–water partition coefficient (Wildman–Crippen LogP) is 3.13. The van der Waals surface area contributed by atoms with Crippen molar-refractivity contribution in [1.82, 2.24) is 15.5 Å². The zero-order chi connectivity index (χ0) is 11.5. The van der Waals surface area contributed by atoms with Gasteiger partial charge in [-0.25, -0.2) is 0 Å². The van der Waals surface area contributed by atoms with E-state index >= 15 is 0 Å². The van der Waals surface area contributed by atoms with Gasteiger partial charge in [-0.05, 0) is 36.0 Å². The summed E-state index contributed by atoms with van der Waals surface area (Å²) in [6.07, 6.45) is 0.769. The van der Waals surface area contributed by atoms with E-state index in [2.05, 4.69) is 38.3 Å². The first-order valence-corrected chi connectivity index (χ1v) is 6.60. The minimum Gasteiger partial charge on any atom is -0.334 e. The predicted molar refractivity (Wildman–Crippen MR) is 74.8 cm³/mol. The second kappa shape index (κ2) is 6.49. The Morgan fingerprint density at radius 2 is 2.35 bits per heavy atom. The van der Waals surface area contributed by atoms with Gasteiger partial charge in [0.1, 0.15) is 0 Å². The molecule has 2 heterocycles. The van der Waals surface area contributed by atoms with Crippen molar-refractivity contribution in [2.45, 2.75) is 19.4 Å². The Morgan fingerprint density at radius 1 is 1.59 bits per heavy atom. The molecule has 1 unspecified atom stereocenters. The average Bonchev–Trinajstić information content (AvgIpc) is 2.87. The second-order valence-electron chi connectivity index (χ2n) is 3.55. The number of halogens is 2. The summed E-state index contributed by atoms with van der Waals surface area (Å²) in [6.45, 7) is 2.08. The summed E-state index contributed by atoms with van der Waals surface area (Å²) < 4.78 is 6.27. The average molecular weight is 339 g/mol. The van der Waals surface area contributed by atoms with Crippen molar-refractivity contribution < 1.29 is 4.52 Å². The van der Waals surface area contributed by atoms with Crippen LogP contribution in [0.4, 0.5) is 0 Å². The molecule has 0 aromatic carbocycles. The molecular formula is C10H13BrClN3OS. The number of nitrogens with zero attached hydrogens (tertiary/aromatic N) is 2. The Kier molecular flexibility index (Phi) is 5.58. The number of hydrogen-bond acceptors (Lipinski definition) is 5. The van der Waals surface area contributed by atoms with E-state index in [-0.39, 0.29) is 12.4 Å². The van der Waals surface area contributed by atoms with Crippen LogP contribution < -0.4 is 5.32 Å². The first-order chi connectivity index (χ1) is 7.69. The molecular weight excluding hydrogens is 326 g/mol. The lowest BCUT2D eigenvalue weighted by atomic mass is 10.2. The zero-order valence-corrected chi connectivity index (χ0v) is 12.7. The lowest BCUT2D eigenvalue weighted by Gasteiger charge is -2.04. The highest BCUT2D eigenvalue weighted by molar-refractivity contribution is 9.11. The second-order valence-corrected chi connectivity index (χ2v) is 5.84. The molecule has 2 rings (SSSR count). The van der Waals surface area contributed by atoms with Gasteiger partial charge in [0.25, 0.3) is 5.89 Å². The lowest BCUT2D eigenvalue weighted by Crippen LogP contribution is -2.24. The molecule has 17 heavy (non-hydrogen) atoms. The van der Waals surface area contributed by atoms with E-state index in [9.17, 15) is 0 Å². The molecule has 0 radical (unpaired) electrons. The Balaban J connectivity index is 0.00000144. The van der Waals surface area contributed by atoms with Crippen molar-refractivity contribution in [1.29, 1.82) is 0 Å². The summed E-state index contributed by atoms with van der Waals surface area (Å²) in [5.74, 6) is 1.32. The number of thiophene rings is 1. The minimum atomic E-state index is 0. The van der Waals surface area contributed by atoms with Gasteiger partial charge >= 0.3 is 0 Å². The highest BCUT2D eigenvalue weighted by atomic mass is 79.9. The lowest BCUT2D eigenvalue weighted by molar-refractivity contribution is 0.418. The van der Waals surface area contributed by atoms with Gasteiger partial charge in [0.15, 0.2) is 5.82 Å². The van der Waals surface area contributed by atoms with Gasteiger partial charge < -0.3 is 9.84 Å². The molecule has 0 spiro atoms. The third kappa shape index (κ3) is 3.77. The van der Waals surface area contributed by atoms with Crippen LogP contribution in [0.1, 0.15) is 12.7 Å². The van der Waals surface area contributed by atoms with Crippen molar-refractivity contribution >= 4 is 39.7 Å². The van der Waals surface area contributed by atoms with Crippen molar-refractivity contribution in [2.24, 2.45) is 0 Å². The molecule has 0 saturated carbocycles. The Hall–Kier alpha value is -0.430. The van der Waals surface area contributed by atoms with Crippen molar-refractivity contribution in [2.75, 3.05) is 7.05 Å². The smallest absolute Gasteiger partial charge is 0.258 e. The van der Waals surface area contributed by atoms with E-state index in [1.54, 1.807) is 11.3 Å². The number of hydrogen-bond donors (Lipinski definition) is 1. The molecule has 0 amide bonds. The van der Waals surface area contributed by atoms with E-state index in [1.165, 1.54) is 0 Å². The van der Waals surface area contributed by atoms with Crippen LogP contribution in [0.25, 0.3) is 11.5 Å². The van der Waals surface area contributed by atoms with Gasteiger partial charge in [0, 0.05) is 17.8 Å². The number of rotatable bonds is 4. The molecule has 0 aliphatic heterocycles. The van der Waals surface area contributed by atoms with Crippen LogP contribution in [0.15, 0.2) is 19.8 Å². The molecule has 7 heteroatoms. The van der Waals surface area contributed by atoms with Crippen LogP contribution in [0, 0.1) is 0 Å². The molecule has 0 aliphatic carbocycles. The fraction of sp³-hybridized carbons (Fsp3) is 0.400. The number of nitrogens with one attached hydrogen (secondary N) is 1. The molecule has 2 aromatic heterocycles. The van der Waals surface area contributed by atoms with Gasteiger partial charge in [-0.2, -0.15) is 4.98 Å². The monoisotopic (exact) mass is 337 g/mol. The molecule has 94 valence electrons. The van der Waals surface area contributed by atoms with Crippen LogP contribution in [0.2, 0.25) is 0 Å². The maximum atomic E-state index is 5.21. The Labute approximate surface area is 118 Å². The maximum absolute atomic E-state index is 5.21. The molecule has 0 aliphatic rings. The zero-order valence-electron chi connectivity index (χ0n) is 9.44. The van der Waals surface area contributed by atoms with E-state index in [0.29, 0.717) is 11.9 Å². The summed E-state index contributed by atoms with van der Waals surface area (Å²) in [5, 5.41) is 9.08. The standard InChI is InChI=1S/C10H12BrN3OS.ClH/c1-6(12-2)3-9-13-10(15-14-9)7-4-8(11)16-5-7;/h4-6,12H,3H2,1-2H3;1H. The SMILES string of the molecule is CNC(C)Cc1noc(-c2csc(Br)c2)n1.Cl. The number of likely N-dealkylation sites (N-methyl/N-ethyl adjacent to an activating group) is 1. The van der Waals surface area contributed by atoms with Gasteiger partial charge in [-0.15, -0.1) is 23.7 Å². The minimum absolute atomic E-state index is 0. The molecule has 1 N–H and O–H groups in total. The van der Waals surface area contributed by atoms with Gasteiger partial charge in [0.05, 0.1) is 9.35 Å². The van der Waals surface area contributed by atoms with Crippen LogP contribution >= 0.6 is 39.7 Å².